The first kappa shape index (κ1) is 26.4. The number of aliphatic hydroxyl groups is 1. The van der Waals surface area contributed by atoms with Crippen molar-refractivity contribution in [3.05, 3.63) is 96.7 Å². The summed E-state index contributed by atoms with van der Waals surface area (Å²) in [5.74, 6) is 1.74. The molecule has 0 saturated carbocycles. The third-order valence-corrected chi connectivity index (χ3v) is 8.33. The molecular formula is C30H19ClN4O5S2. The Morgan fingerprint density at radius 2 is 1.24 bits per heavy atom. The summed E-state index contributed by atoms with van der Waals surface area (Å²) < 4.78 is 24.4. The summed E-state index contributed by atoms with van der Waals surface area (Å²) in [4.78, 5) is 17.0. The summed E-state index contributed by atoms with van der Waals surface area (Å²) in [5.41, 5.74) is 4.54. The lowest BCUT2D eigenvalue weighted by atomic mass is 10.2. The number of benzene rings is 2. The van der Waals surface area contributed by atoms with Crippen molar-refractivity contribution in [2.75, 3.05) is 0 Å². The van der Waals surface area contributed by atoms with Crippen molar-refractivity contribution in [2.24, 2.45) is 0 Å². The van der Waals surface area contributed by atoms with E-state index in [0.29, 0.717) is 44.6 Å². The fraction of sp³-hybridized carbons (Fsp3) is 0.0667. The van der Waals surface area contributed by atoms with E-state index in [1.807, 2.05) is 54.6 Å². The van der Waals surface area contributed by atoms with E-state index in [2.05, 4.69) is 19.9 Å². The Balaban J connectivity index is 0.000000137. The predicted octanol–water partition coefficient (Wildman–Crippen LogP) is 8.69. The number of aliphatic hydroxyl groups excluding tert-OH is 1. The number of aromatic nitrogens is 4. The maximum Gasteiger partial charge on any atom is 0.281 e. The van der Waals surface area contributed by atoms with Crippen LogP contribution in [0, 0.1) is 0 Å². The first-order valence-electron chi connectivity index (χ1n) is 12.6. The monoisotopic (exact) mass is 614 g/mol. The van der Waals surface area contributed by atoms with Crippen LogP contribution < -0.4 is 9.47 Å². The summed E-state index contributed by atoms with van der Waals surface area (Å²) in [5, 5.41) is 12.2. The second-order valence-corrected chi connectivity index (χ2v) is 11.2. The van der Waals surface area contributed by atoms with E-state index in [-0.39, 0.29) is 6.61 Å². The topological polar surface area (TPSA) is 117 Å². The summed E-state index contributed by atoms with van der Waals surface area (Å²) >= 11 is 8.76. The molecule has 0 bridgehead atoms. The fourth-order valence-electron chi connectivity index (χ4n) is 4.27. The van der Waals surface area contributed by atoms with Crippen LogP contribution >= 0.6 is 34.3 Å². The zero-order valence-corrected chi connectivity index (χ0v) is 23.9. The first-order valence-corrected chi connectivity index (χ1v) is 14.8. The minimum atomic E-state index is -0.0449. The molecule has 0 fully saturated rings. The van der Waals surface area contributed by atoms with Crippen molar-refractivity contribution < 1.29 is 23.4 Å². The van der Waals surface area contributed by atoms with Crippen molar-refractivity contribution in [1.29, 1.82) is 0 Å². The molecule has 0 atom stereocenters. The van der Waals surface area contributed by atoms with Crippen LogP contribution in [0.15, 0.2) is 94.4 Å². The number of hydrogen-bond acceptors (Lipinski definition) is 11. The minimum absolute atomic E-state index is 0.0449. The molecule has 0 aliphatic carbocycles. The van der Waals surface area contributed by atoms with Gasteiger partial charge in [-0.2, -0.15) is 9.97 Å². The lowest BCUT2D eigenvalue weighted by Crippen LogP contribution is -1.83. The number of thiazole rings is 2. The van der Waals surface area contributed by atoms with Crippen LogP contribution in [-0.4, -0.2) is 25.0 Å². The number of rotatable bonds is 6. The van der Waals surface area contributed by atoms with Crippen LogP contribution in [0.1, 0.15) is 11.1 Å². The molecule has 1 N–H and O–H groups in total. The Morgan fingerprint density at radius 1 is 0.714 bits per heavy atom. The number of fused-ring (bicyclic) bond motifs is 4. The number of halogens is 1. The van der Waals surface area contributed by atoms with Gasteiger partial charge < -0.3 is 23.4 Å². The van der Waals surface area contributed by atoms with E-state index in [9.17, 15) is 5.11 Å². The van der Waals surface area contributed by atoms with Gasteiger partial charge in [0.25, 0.3) is 10.4 Å². The molecule has 42 heavy (non-hydrogen) atoms. The molecule has 0 radical (unpaired) electrons. The van der Waals surface area contributed by atoms with Gasteiger partial charge in [-0.1, -0.05) is 22.7 Å². The normalized spacial score (nSPS) is 11.3. The van der Waals surface area contributed by atoms with Gasteiger partial charge in [0.1, 0.15) is 22.7 Å². The largest absolute Gasteiger partial charge is 0.464 e. The third kappa shape index (κ3) is 5.26. The lowest BCUT2D eigenvalue weighted by molar-refractivity contribution is 0.281. The molecule has 0 unspecified atom stereocenters. The van der Waals surface area contributed by atoms with E-state index in [1.165, 1.54) is 22.7 Å². The Labute approximate surface area is 250 Å². The molecule has 0 saturated heterocycles. The van der Waals surface area contributed by atoms with Gasteiger partial charge in [-0.05, 0) is 48.5 Å². The zero-order chi connectivity index (χ0) is 28.5. The van der Waals surface area contributed by atoms with E-state index in [4.69, 9.17) is 29.9 Å². The number of pyridine rings is 2. The highest BCUT2D eigenvalue weighted by Gasteiger charge is 2.11. The van der Waals surface area contributed by atoms with Gasteiger partial charge in [0.05, 0.1) is 34.4 Å². The maximum atomic E-state index is 9.20. The van der Waals surface area contributed by atoms with Gasteiger partial charge >= 0.3 is 0 Å². The standard InChI is InChI=1S/C15H9ClN2O2S.C15H10N2O3S/c16-7-9-8-19-12-6-10(3-4-11(9)12)20-15-18-14-13(21-15)2-1-5-17-14;18-7-9-8-19-12-6-10(3-4-11(9)12)20-15-17-14-13(21-15)2-1-5-16-14/h1-6,8H,7H2;1-6,8,18H,7H2. The lowest BCUT2D eigenvalue weighted by Gasteiger charge is -2.00. The highest BCUT2D eigenvalue weighted by Crippen LogP contribution is 2.34. The van der Waals surface area contributed by atoms with Crippen LogP contribution in [0.3, 0.4) is 0 Å². The first-order chi connectivity index (χ1) is 20.7. The van der Waals surface area contributed by atoms with Crippen LogP contribution in [0.25, 0.3) is 42.6 Å². The van der Waals surface area contributed by atoms with Gasteiger partial charge in [0.2, 0.25) is 0 Å². The molecule has 0 aliphatic heterocycles. The number of ether oxygens (including phenoxy) is 2. The fourth-order valence-corrected chi connectivity index (χ4v) is 6.06. The van der Waals surface area contributed by atoms with Crippen LogP contribution in [0.2, 0.25) is 0 Å². The van der Waals surface area contributed by atoms with Gasteiger partial charge in [0.15, 0.2) is 11.3 Å². The molecule has 8 aromatic rings. The Kier molecular flexibility index (Phi) is 7.14. The van der Waals surface area contributed by atoms with Gasteiger partial charge in [0, 0.05) is 46.4 Å². The number of nitrogens with zero attached hydrogens (tertiary/aromatic N) is 4. The molecule has 12 heteroatoms. The van der Waals surface area contributed by atoms with E-state index in [0.717, 1.165) is 36.9 Å². The zero-order valence-electron chi connectivity index (χ0n) is 21.6. The number of furan rings is 2. The smallest absolute Gasteiger partial charge is 0.281 e. The third-order valence-electron chi connectivity index (χ3n) is 6.27. The van der Waals surface area contributed by atoms with E-state index in [1.54, 1.807) is 31.0 Å². The second-order valence-electron chi connectivity index (χ2n) is 8.94. The molecular weight excluding hydrogens is 596 g/mol. The molecule has 0 spiro atoms. The quantitative estimate of drug-likeness (QED) is 0.183. The van der Waals surface area contributed by atoms with Gasteiger partial charge in [-0.3, -0.25) is 0 Å². The van der Waals surface area contributed by atoms with Crippen molar-refractivity contribution in [1.82, 2.24) is 19.9 Å². The maximum absolute atomic E-state index is 9.20. The minimum Gasteiger partial charge on any atom is -0.464 e. The average Bonchev–Trinajstić information content (AvgIpc) is 3.80. The predicted molar refractivity (Wildman–Crippen MR) is 163 cm³/mol. The Hall–Kier alpha value is -4.55. The van der Waals surface area contributed by atoms with E-state index < -0.39 is 0 Å². The van der Waals surface area contributed by atoms with Crippen LogP contribution in [0.5, 0.6) is 21.9 Å². The molecule has 0 aliphatic rings. The van der Waals surface area contributed by atoms with Gasteiger partial charge in [-0.25, -0.2) is 9.97 Å². The average molecular weight is 615 g/mol. The van der Waals surface area contributed by atoms with E-state index >= 15 is 0 Å². The van der Waals surface area contributed by atoms with Crippen molar-refractivity contribution in [3.63, 3.8) is 0 Å². The van der Waals surface area contributed by atoms with Crippen LogP contribution in [-0.2, 0) is 12.5 Å². The summed E-state index contributed by atoms with van der Waals surface area (Å²) in [6.07, 6.45) is 6.64. The molecule has 2 aromatic carbocycles. The summed E-state index contributed by atoms with van der Waals surface area (Å²) in [6, 6.07) is 18.8. The molecule has 6 aromatic heterocycles. The molecule has 8 rings (SSSR count). The Morgan fingerprint density at radius 3 is 1.74 bits per heavy atom. The van der Waals surface area contributed by atoms with Gasteiger partial charge in [-0.15, -0.1) is 11.6 Å². The number of alkyl halides is 1. The van der Waals surface area contributed by atoms with Crippen molar-refractivity contribution >= 4 is 76.9 Å². The number of hydrogen-bond donors (Lipinski definition) is 1. The molecule has 9 nitrogen and oxygen atoms in total. The molecule has 6 heterocycles. The second kappa shape index (κ2) is 11.4. The van der Waals surface area contributed by atoms with Crippen molar-refractivity contribution in [3.8, 4) is 21.9 Å². The summed E-state index contributed by atoms with van der Waals surface area (Å²) in [6.45, 7) is -0.0449. The molecule has 0 amide bonds. The van der Waals surface area contributed by atoms with Crippen LogP contribution in [0.4, 0.5) is 0 Å². The highest BCUT2D eigenvalue weighted by atomic mass is 35.5. The summed E-state index contributed by atoms with van der Waals surface area (Å²) in [7, 11) is 0. The Bertz CT molecular complexity index is 1950. The molecule has 208 valence electrons. The highest BCUT2D eigenvalue weighted by molar-refractivity contribution is 7.20. The SMILES string of the molecule is ClCc1coc2cc(Oc3nc4ncccc4s3)ccc12.OCc1coc2cc(Oc3nc4ncccc4s3)ccc12. The van der Waals surface area contributed by atoms with Crippen molar-refractivity contribution in [2.45, 2.75) is 12.5 Å².